The molecule has 108 valence electrons. The van der Waals surface area contributed by atoms with E-state index in [-0.39, 0.29) is 11.4 Å². The van der Waals surface area contributed by atoms with Gasteiger partial charge in [0.15, 0.2) is 11.5 Å². The van der Waals surface area contributed by atoms with Gasteiger partial charge in [-0.25, -0.2) is 5.43 Å². The van der Waals surface area contributed by atoms with Gasteiger partial charge in [-0.15, -0.1) is 0 Å². The van der Waals surface area contributed by atoms with E-state index >= 15 is 0 Å². The fourth-order valence-corrected chi connectivity index (χ4v) is 1.60. The molecule has 1 aromatic heterocycles. The summed E-state index contributed by atoms with van der Waals surface area (Å²) in [5, 5.41) is 13.4. The Balaban J connectivity index is 2.01. The van der Waals surface area contributed by atoms with Gasteiger partial charge in [0.05, 0.1) is 12.8 Å². The number of rotatable bonds is 5. The van der Waals surface area contributed by atoms with Gasteiger partial charge >= 0.3 is 0 Å². The zero-order chi connectivity index (χ0) is 15.1. The van der Waals surface area contributed by atoms with Crippen LogP contribution < -0.4 is 10.2 Å². The zero-order valence-corrected chi connectivity index (χ0v) is 11.5. The molecule has 2 rings (SSSR count). The molecule has 1 aromatic carbocycles. The van der Waals surface area contributed by atoms with Crippen molar-refractivity contribution in [2.75, 3.05) is 6.61 Å². The zero-order valence-electron chi connectivity index (χ0n) is 11.5. The van der Waals surface area contributed by atoms with Gasteiger partial charge in [-0.2, -0.15) is 5.10 Å². The molecule has 21 heavy (non-hydrogen) atoms. The minimum absolute atomic E-state index is 0.0616. The lowest BCUT2D eigenvalue weighted by Gasteiger charge is -2.05. The van der Waals surface area contributed by atoms with Crippen molar-refractivity contribution >= 4 is 12.1 Å². The number of hydrogen-bond donors (Lipinski definition) is 2. The number of hydrogen-bond acceptors (Lipinski definition) is 5. The molecule has 2 aromatic rings. The number of pyridine rings is 1. The molecule has 2 N–H and O–H groups in total. The maximum atomic E-state index is 11.7. The first kappa shape index (κ1) is 14.5. The Morgan fingerprint density at radius 2 is 2.29 bits per heavy atom. The highest BCUT2D eigenvalue weighted by Crippen LogP contribution is 2.26. The van der Waals surface area contributed by atoms with Gasteiger partial charge < -0.3 is 9.84 Å². The Morgan fingerprint density at radius 3 is 3.00 bits per heavy atom. The molecular formula is C15H15N3O3. The van der Waals surface area contributed by atoms with Crippen molar-refractivity contribution in [3.05, 3.63) is 53.9 Å². The summed E-state index contributed by atoms with van der Waals surface area (Å²) < 4.78 is 5.27. The minimum Gasteiger partial charge on any atom is -0.504 e. The van der Waals surface area contributed by atoms with E-state index < -0.39 is 5.91 Å². The number of aromatic nitrogens is 1. The SMILES string of the molecule is CCOc1cc(/C=N/NC(=O)c2ccccn2)ccc1O. The van der Waals surface area contributed by atoms with Gasteiger partial charge in [-0.3, -0.25) is 9.78 Å². The normalized spacial score (nSPS) is 10.5. The van der Waals surface area contributed by atoms with Crippen molar-refractivity contribution in [2.24, 2.45) is 5.10 Å². The highest BCUT2D eigenvalue weighted by atomic mass is 16.5. The van der Waals surface area contributed by atoms with Crippen LogP contribution in [0, 0.1) is 0 Å². The standard InChI is InChI=1S/C15H15N3O3/c1-2-21-14-9-11(6-7-13(14)19)10-17-18-15(20)12-5-3-4-8-16-12/h3-10,19H,2H2,1H3,(H,18,20)/b17-10+. The maximum Gasteiger partial charge on any atom is 0.289 e. The second kappa shape index (κ2) is 7.04. The first-order chi connectivity index (χ1) is 10.2. The summed E-state index contributed by atoms with van der Waals surface area (Å²) in [6, 6.07) is 9.85. The molecule has 1 amide bonds. The molecule has 0 fully saturated rings. The van der Waals surface area contributed by atoms with E-state index in [1.54, 1.807) is 30.3 Å². The number of benzene rings is 1. The Hall–Kier alpha value is -2.89. The summed E-state index contributed by atoms with van der Waals surface area (Å²) >= 11 is 0. The van der Waals surface area contributed by atoms with E-state index in [2.05, 4.69) is 15.5 Å². The summed E-state index contributed by atoms with van der Waals surface area (Å²) in [7, 11) is 0. The molecule has 0 aliphatic heterocycles. The van der Waals surface area contributed by atoms with Crippen molar-refractivity contribution in [3.63, 3.8) is 0 Å². The van der Waals surface area contributed by atoms with Crippen LogP contribution in [0.2, 0.25) is 0 Å². The molecule has 0 atom stereocenters. The van der Waals surface area contributed by atoms with Crippen LogP contribution in [0.1, 0.15) is 23.0 Å². The topological polar surface area (TPSA) is 83.8 Å². The number of carbonyl (C=O) groups is 1. The summed E-state index contributed by atoms with van der Waals surface area (Å²) in [4.78, 5) is 15.6. The van der Waals surface area contributed by atoms with Gasteiger partial charge in [-0.1, -0.05) is 6.07 Å². The van der Waals surface area contributed by atoms with Crippen molar-refractivity contribution in [2.45, 2.75) is 6.92 Å². The van der Waals surface area contributed by atoms with Crippen LogP contribution in [0.25, 0.3) is 0 Å². The molecular weight excluding hydrogens is 270 g/mol. The molecule has 0 aliphatic carbocycles. The molecule has 6 nitrogen and oxygen atoms in total. The van der Waals surface area contributed by atoms with Crippen LogP contribution in [-0.2, 0) is 0 Å². The van der Waals surface area contributed by atoms with Crippen molar-refractivity contribution in [1.82, 2.24) is 10.4 Å². The van der Waals surface area contributed by atoms with E-state index in [9.17, 15) is 9.90 Å². The van der Waals surface area contributed by atoms with Crippen molar-refractivity contribution in [1.29, 1.82) is 0 Å². The monoisotopic (exact) mass is 285 g/mol. The first-order valence-electron chi connectivity index (χ1n) is 6.41. The van der Waals surface area contributed by atoms with E-state index in [1.165, 1.54) is 18.5 Å². The number of amides is 1. The predicted octanol–water partition coefficient (Wildman–Crippen LogP) is 1.95. The number of carbonyl (C=O) groups excluding carboxylic acids is 1. The van der Waals surface area contributed by atoms with E-state index in [0.29, 0.717) is 17.9 Å². The average molecular weight is 285 g/mol. The number of aromatic hydroxyl groups is 1. The molecule has 0 bridgehead atoms. The lowest BCUT2D eigenvalue weighted by molar-refractivity contribution is 0.0950. The summed E-state index contributed by atoms with van der Waals surface area (Å²) in [6.45, 7) is 2.28. The quantitative estimate of drug-likeness (QED) is 0.649. The first-order valence-corrected chi connectivity index (χ1v) is 6.41. The third-order valence-corrected chi connectivity index (χ3v) is 2.56. The predicted molar refractivity (Wildman–Crippen MR) is 78.6 cm³/mol. The second-order valence-corrected chi connectivity index (χ2v) is 4.07. The van der Waals surface area contributed by atoms with Gasteiger partial charge in [0.1, 0.15) is 5.69 Å². The fraction of sp³-hybridized carbons (Fsp3) is 0.133. The maximum absolute atomic E-state index is 11.7. The van der Waals surface area contributed by atoms with Crippen molar-refractivity contribution in [3.8, 4) is 11.5 Å². The number of ether oxygens (including phenoxy) is 1. The third-order valence-electron chi connectivity index (χ3n) is 2.56. The Kier molecular flexibility index (Phi) is 4.87. The fourth-order valence-electron chi connectivity index (χ4n) is 1.60. The number of nitrogens with one attached hydrogen (secondary N) is 1. The highest BCUT2D eigenvalue weighted by Gasteiger charge is 2.04. The summed E-state index contributed by atoms with van der Waals surface area (Å²) in [5.41, 5.74) is 3.36. The van der Waals surface area contributed by atoms with Crippen molar-refractivity contribution < 1.29 is 14.6 Å². The lowest BCUT2D eigenvalue weighted by Crippen LogP contribution is -2.18. The summed E-state index contributed by atoms with van der Waals surface area (Å²) in [6.07, 6.45) is 3.00. The molecule has 1 heterocycles. The molecule has 6 heteroatoms. The van der Waals surface area contributed by atoms with Crippen LogP contribution in [0.3, 0.4) is 0 Å². The minimum atomic E-state index is -0.393. The van der Waals surface area contributed by atoms with Crippen LogP contribution in [-0.4, -0.2) is 28.8 Å². The van der Waals surface area contributed by atoms with E-state index in [4.69, 9.17) is 4.74 Å². The molecule has 0 saturated carbocycles. The average Bonchev–Trinajstić information content (AvgIpc) is 2.51. The molecule has 0 aliphatic rings. The Morgan fingerprint density at radius 1 is 1.43 bits per heavy atom. The van der Waals surface area contributed by atoms with Crippen LogP contribution in [0.4, 0.5) is 0 Å². The largest absolute Gasteiger partial charge is 0.504 e. The number of phenols is 1. The van der Waals surface area contributed by atoms with Crippen LogP contribution in [0.15, 0.2) is 47.7 Å². The third kappa shape index (κ3) is 4.04. The van der Waals surface area contributed by atoms with Crippen LogP contribution >= 0.6 is 0 Å². The highest BCUT2D eigenvalue weighted by molar-refractivity contribution is 5.93. The van der Waals surface area contributed by atoms with E-state index in [1.807, 2.05) is 6.92 Å². The Bertz CT molecular complexity index is 642. The second-order valence-electron chi connectivity index (χ2n) is 4.07. The van der Waals surface area contributed by atoms with Gasteiger partial charge in [0, 0.05) is 6.20 Å². The molecule has 0 spiro atoms. The number of hydrazone groups is 1. The Labute approximate surface area is 122 Å². The molecule has 0 radical (unpaired) electrons. The van der Waals surface area contributed by atoms with Gasteiger partial charge in [0.25, 0.3) is 5.91 Å². The smallest absolute Gasteiger partial charge is 0.289 e. The molecule has 0 unspecified atom stereocenters. The molecule has 0 saturated heterocycles. The number of nitrogens with zero attached hydrogens (tertiary/aromatic N) is 2. The van der Waals surface area contributed by atoms with E-state index in [0.717, 1.165) is 0 Å². The summed E-state index contributed by atoms with van der Waals surface area (Å²) in [5.74, 6) is 0.0414. The van der Waals surface area contributed by atoms with Gasteiger partial charge in [0.2, 0.25) is 0 Å². The van der Waals surface area contributed by atoms with Crippen LogP contribution in [0.5, 0.6) is 11.5 Å². The van der Waals surface area contributed by atoms with Gasteiger partial charge in [-0.05, 0) is 42.8 Å². The lowest BCUT2D eigenvalue weighted by atomic mass is 10.2. The number of phenolic OH excluding ortho intramolecular Hbond substituents is 1.